The Morgan fingerprint density at radius 3 is 0.818 bits per heavy atom. The Morgan fingerprint density at radius 1 is 0.455 bits per heavy atom. The first-order valence-corrected chi connectivity index (χ1v) is 7.10. The quantitative estimate of drug-likeness (QED) is 0.486. The van der Waals surface area contributed by atoms with Gasteiger partial charge in [0.25, 0.3) is 35.4 Å². The van der Waals surface area contributed by atoms with E-state index in [1.165, 1.54) is 0 Å². The zero-order valence-corrected chi connectivity index (χ0v) is 11.6. The third-order valence-electron chi connectivity index (χ3n) is 2.89. The van der Waals surface area contributed by atoms with Crippen LogP contribution in [0.3, 0.4) is 0 Å². The molecule has 0 radical (unpaired) electrons. The summed E-state index contributed by atoms with van der Waals surface area (Å²) in [5.41, 5.74) is 0. The van der Waals surface area contributed by atoms with Gasteiger partial charge in [-0.2, -0.15) is 0 Å². The van der Waals surface area contributed by atoms with Crippen LogP contribution in [0.5, 0.6) is 0 Å². The zero-order valence-electron chi connectivity index (χ0n) is 10.7. The molecule has 0 spiro atoms. The second-order valence-electron chi connectivity index (χ2n) is 4.23. The van der Waals surface area contributed by atoms with Gasteiger partial charge in [-0.05, 0) is 0 Å². The summed E-state index contributed by atoms with van der Waals surface area (Å²) in [5, 5.41) is 0. The van der Waals surface area contributed by atoms with Crippen LogP contribution in [0.25, 0.3) is 0 Å². The fourth-order valence-electron chi connectivity index (χ4n) is 1.97. The number of nitrogens with zero attached hydrogens (tertiary/aromatic N) is 3. The molecule has 3 heterocycles. The molecule has 0 atom stereocenters. The largest absolute Gasteiger partial charge is 0.269 e. The highest BCUT2D eigenvalue weighted by molar-refractivity contribution is 7.55. The molecule has 0 unspecified atom stereocenters. The monoisotopic (exact) mass is 319 g/mol. The predicted octanol–water partition coefficient (Wildman–Crippen LogP) is -1.01. The smallest absolute Gasteiger partial charge is 0.259 e. The van der Waals surface area contributed by atoms with Crippen LogP contribution in [-0.4, -0.2) is 49.5 Å². The van der Waals surface area contributed by atoms with Gasteiger partial charge in [0.15, 0.2) is 0 Å². The van der Waals surface area contributed by atoms with Crippen molar-refractivity contribution in [1.82, 2.24) is 14.0 Å². The summed E-state index contributed by atoms with van der Waals surface area (Å²) >= 11 is 0. The molecule has 0 bridgehead atoms. The Labute approximate surface area is 124 Å². The van der Waals surface area contributed by atoms with E-state index < -0.39 is 43.8 Å². The van der Waals surface area contributed by atoms with E-state index in [2.05, 4.69) is 0 Å². The van der Waals surface area contributed by atoms with E-state index in [1.54, 1.807) is 0 Å². The van der Waals surface area contributed by atoms with Crippen molar-refractivity contribution in [3.05, 3.63) is 36.5 Å². The van der Waals surface area contributed by atoms with Crippen LogP contribution in [-0.2, 0) is 28.8 Å². The number of imide groups is 3. The van der Waals surface area contributed by atoms with Gasteiger partial charge < -0.3 is 0 Å². The lowest BCUT2D eigenvalue weighted by Gasteiger charge is -2.35. The molecule has 0 N–H and O–H groups in total. The Kier molecular flexibility index (Phi) is 3.07. The molecule has 3 rings (SSSR count). The van der Waals surface area contributed by atoms with Crippen LogP contribution in [0.4, 0.5) is 0 Å². The lowest BCUT2D eigenvalue weighted by Crippen LogP contribution is -2.44. The number of carbonyl (C=O) groups is 6. The molecule has 3 aliphatic rings. The molecule has 10 heteroatoms. The van der Waals surface area contributed by atoms with Crippen LogP contribution in [0.2, 0.25) is 0 Å². The Balaban J connectivity index is 2.07. The topological polar surface area (TPSA) is 112 Å². The van der Waals surface area contributed by atoms with E-state index >= 15 is 0 Å². The molecule has 22 heavy (non-hydrogen) atoms. The summed E-state index contributed by atoms with van der Waals surface area (Å²) in [6.45, 7) is 0. The summed E-state index contributed by atoms with van der Waals surface area (Å²) in [7, 11) is -2.58. The second-order valence-corrected chi connectivity index (χ2v) is 5.97. The lowest BCUT2D eigenvalue weighted by atomic mass is 10.6. The van der Waals surface area contributed by atoms with E-state index in [1.807, 2.05) is 0 Å². The summed E-state index contributed by atoms with van der Waals surface area (Å²) in [6, 6.07) is 0. The minimum absolute atomic E-state index is 0.570. The van der Waals surface area contributed by atoms with Crippen molar-refractivity contribution in [3.8, 4) is 0 Å². The molecule has 3 aliphatic heterocycles. The highest BCUT2D eigenvalue weighted by atomic mass is 31.2. The minimum Gasteiger partial charge on any atom is -0.269 e. The van der Waals surface area contributed by atoms with E-state index in [0.29, 0.717) is 14.0 Å². The van der Waals surface area contributed by atoms with Gasteiger partial charge in [-0.25, -0.2) is 14.0 Å². The molecular formula is C12H6N3O6P. The average molecular weight is 319 g/mol. The number of carbonyl (C=O) groups excluding carboxylic acids is 6. The van der Waals surface area contributed by atoms with Gasteiger partial charge in [-0.3, -0.25) is 28.8 Å². The van der Waals surface area contributed by atoms with Crippen LogP contribution >= 0.6 is 8.37 Å². The minimum atomic E-state index is -2.58. The summed E-state index contributed by atoms with van der Waals surface area (Å²) in [4.78, 5) is 71.2. The van der Waals surface area contributed by atoms with E-state index in [9.17, 15) is 28.8 Å². The van der Waals surface area contributed by atoms with E-state index in [0.717, 1.165) is 36.5 Å². The van der Waals surface area contributed by atoms with Crippen molar-refractivity contribution in [2.45, 2.75) is 0 Å². The molecule has 6 amide bonds. The van der Waals surface area contributed by atoms with Crippen molar-refractivity contribution in [2.75, 3.05) is 0 Å². The Morgan fingerprint density at radius 2 is 0.636 bits per heavy atom. The Bertz CT molecular complexity index is 598. The molecule has 0 aromatic heterocycles. The molecule has 0 aromatic rings. The van der Waals surface area contributed by atoms with E-state index in [-0.39, 0.29) is 0 Å². The first kappa shape index (κ1) is 14.0. The third kappa shape index (κ3) is 1.91. The average Bonchev–Trinajstić information content (AvgIpc) is 3.08. The molecular weight excluding hydrogens is 313 g/mol. The molecule has 0 saturated carbocycles. The molecule has 110 valence electrons. The second kappa shape index (κ2) is 4.81. The van der Waals surface area contributed by atoms with Gasteiger partial charge in [0.2, 0.25) is 8.37 Å². The van der Waals surface area contributed by atoms with Crippen LogP contribution in [0.15, 0.2) is 36.5 Å². The van der Waals surface area contributed by atoms with Gasteiger partial charge >= 0.3 is 0 Å². The van der Waals surface area contributed by atoms with Crippen LogP contribution in [0, 0.1) is 0 Å². The van der Waals surface area contributed by atoms with Crippen molar-refractivity contribution in [1.29, 1.82) is 0 Å². The van der Waals surface area contributed by atoms with E-state index in [4.69, 9.17) is 0 Å². The number of hydrogen-bond donors (Lipinski definition) is 0. The standard InChI is InChI=1S/C12H6N3O6P/c16-7-1-2-8(17)13(7)22(14-9(18)3-4-10(14)19)15-11(20)5-6-12(15)21/h1-6H. The first-order valence-electron chi connectivity index (χ1n) is 5.90. The fourth-order valence-corrected chi connectivity index (χ4v) is 3.97. The van der Waals surface area contributed by atoms with Gasteiger partial charge in [0, 0.05) is 36.5 Å². The molecule has 0 saturated heterocycles. The predicted molar refractivity (Wildman–Crippen MR) is 69.9 cm³/mol. The summed E-state index contributed by atoms with van der Waals surface area (Å²) in [5.74, 6) is -4.85. The maximum atomic E-state index is 11.9. The lowest BCUT2D eigenvalue weighted by molar-refractivity contribution is -0.133. The van der Waals surface area contributed by atoms with Crippen molar-refractivity contribution < 1.29 is 28.8 Å². The zero-order chi connectivity index (χ0) is 16.0. The van der Waals surface area contributed by atoms with Crippen LogP contribution in [0.1, 0.15) is 0 Å². The highest BCUT2D eigenvalue weighted by Gasteiger charge is 2.49. The van der Waals surface area contributed by atoms with Gasteiger partial charge in [0.1, 0.15) is 0 Å². The Hall–Kier alpha value is -2.93. The van der Waals surface area contributed by atoms with Crippen molar-refractivity contribution in [2.24, 2.45) is 0 Å². The maximum Gasteiger partial charge on any atom is 0.259 e. The number of amides is 6. The molecule has 9 nitrogen and oxygen atoms in total. The normalized spacial score (nSPS) is 20.9. The fraction of sp³-hybridized carbons (Fsp3) is 0. The molecule has 0 aromatic carbocycles. The molecule has 0 fully saturated rings. The van der Waals surface area contributed by atoms with Crippen molar-refractivity contribution >= 4 is 43.8 Å². The van der Waals surface area contributed by atoms with Crippen LogP contribution < -0.4 is 0 Å². The number of rotatable bonds is 3. The van der Waals surface area contributed by atoms with Gasteiger partial charge in [-0.1, -0.05) is 0 Å². The highest BCUT2D eigenvalue weighted by Crippen LogP contribution is 2.52. The van der Waals surface area contributed by atoms with Gasteiger partial charge in [-0.15, -0.1) is 0 Å². The summed E-state index contributed by atoms with van der Waals surface area (Å²) in [6.07, 6.45) is 5.63. The SMILES string of the molecule is O=C1C=CC(=O)N1P(N1C(=O)C=CC1=O)N1C(=O)C=CC1=O. The maximum absolute atomic E-state index is 11.9. The number of hydrogen-bond acceptors (Lipinski definition) is 6. The summed E-state index contributed by atoms with van der Waals surface area (Å²) < 4.78 is 1.71. The molecule has 0 aliphatic carbocycles. The third-order valence-corrected chi connectivity index (χ3v) is 5.15. The first-order chi connectivity index (χ1) is 10.4. The van der Waals surface area contributed by atoms with Gasteiger partial charge in [0.05, 0.1) is 0 Å². The van der Waals surface area contributed by atoms with Crippen molar-refractivity contribution in [3.63, 3.8) is 0 Å².